The maximum absolute atomic E-state index is 12.4. The van der Waals surface area contributed by atoms with Crippen molar-refractivity contribution < 1.29 is 9.59 Å². The van der Waals surface area contributed by atoms with Gasteiger partial charge < -0.3 is 10.6 Å². The lowest BCUT2D eigenvalue weighted by atomic mass is 10.0. The highest BCUT2D eigenvalue weighted by molar-refractivity contribution is 7.99. The Hall–Kier alpha value is -2.00. The van der Waals surface area contributed by atoms with Gasteiger partial charge in [-0.3, -0.25) is 9.59 Å². The van der Waals surface area contributed by atoms with Gasteiger partial charge in [-0.2, -0.15) is 5.26 Å². The van der Waals surface area contributed by atoms with E-state index in [0.29, 0.717) is 11.4 Å². The average molecular weight is 333 g/mol. The first-order valence-corrected chi connectivity index (χ1v) is 8.53. The molecule has 124 valence electrons. The fourth-order valence-corrected chi connectivity index (χ4v) is 2.87. The number of nitrogens with one attached hydrogen (secondary N) is 2. The van der Waals surface area contributed by atoms with E-state index in [1.807, 2.05) is 45.0 Å². The van der Waals surface area contributed by atoms with Crippen LogP contribution in [0.25, 0.3) is 0 Å². The van der Waals surface area contributed by atoms with Crippen LogP contribution >= 0.6 is 11.8 Å². The first kappa shape index (κ1) is 19.0. The van der Waals surface area contributed by atoms with Crippen LogP contribution in [0.5, 0.6) is 0 Å². The summed E-state index contributed by atoms with van der Waals surface area (Å²) in [6.45, 7) is 7.03. The molecule has 0 bridgehead atoms. The van der Waals surface area contributed by atoms with Crippen LogP contribution in [0.15, 0.2) is 29.2 Å². The minimum Gasteiger partial charge on any atom is -0.344 e. The van der Waals surface area contributed by atoms with E-state index in [4.69, 9.17) is 5.26 Å². The molecule has 1 rings (SSSR count). The highest BCUT2D eigenvalue weighted by Crippen LogP contribution is 2.28. The van der Waals surface area contributed by atoms with Crippen LogP contribution in [0.3, 0.4) is 0 Å². The average Bonchev–Trinajstić information content (AvgIpc) is 2.50. The van der Waals surface area contributed by atoms with Gasteiger partial charge in [-0.25, -0.2) is 0 Å². The normalized spacial score (nSPS) is 13.0. The Morgan fingerprint density at radius 2 is 1.91 bits per heavy atom. The third kappa shape index (κ3) is 6.33. The molecule has 0 saturated carbocycles. The summed E-state index contributed by atoms with van der Waals surface area (Å²) in [5, 5.41) is 14.4. The van der Waals surface area contributed by atoms with Crippen molar-refractivity contribution in [3.8, 4) is 6.07 Å². The molecule has 5 nitrogen and oxygen atoms in total. The highest BCUT2D eigenvalue weighted by atomic mass is 32.2. The van der Waals surface area contributed by atoms with E-state index in [1.54, 1.807) is 0 Å². The molecule has 0 unspecified atom stereocenters. The van der Waals surface area contributed by atoms with Crippen molar-refractivity contribution in [3.05, 3.63) is 24.3 Å². The molecule has 0 spiro atoms. The Balaban J connectivity index is 2.84. The number of para-hydroxylation sites is 1. The number of carbonyl (C=O) groups is 2. The van der Waals surface area contributed by atoms with Gasteiger partial charge in [0.15, 0.2) is 0 Å². The van der Waals surface area contributed by atoms with Gasteiger partial charge in [0.1, 0.15) is 6.04 Å². The zero-order valence-corrected chi connectivity index (χ0v) is 14.7. The van der Waals surface area contributed by atoms with Crippen LogP contribution in [0.2, 0.25) is 0 Å². The summed E-state index contributed by atoms with van der Waals surface area (Å²) in [4.78, 5) is 24.6. The molecule has 0 saturated heterocycles. The van der Waals surface area contributed by atoms with Crippen LogP contribution in [-0.4, -0.2) is 23.6 Å². The van der Waals surface area contributed by atoms with E-state index in [9.17, 15) is 9.59 Å². The molecule has 2 atom stereocenters. The maximum atomic E-state index is 12.4. The smallest absolute Gasteiger partial charge is 0.247 e. The largest absolute Gasteiger partial charge is 0.344 e. The van der Waals surface area contributed by atoms with Gasteiger partial charge in [-0.05, 0) is 25.0 Å². The van der Waals surface area contributed by atoms with E-state index in [0.717, 1.165) is 4.90 Å². The van der Waals surface area contributed by atoms with Crippen LogP contribution in [-0.2, 0) is 9.59 Å². The predicted octanol–water partition coefficient (Wildman–Crippen LogP) is 3.04. The van der Waals surface area contributed by atoms with Crippen molar-refractivity contribution in [2.45, 2.75) is 38.6 Å². The monoisotopic (exact) mass is 333 g/mol. The Labute approximate surface area is 141 Å². The SMILES string of the molecule is CC(=O)N[C@@H](C(=O)Nc1ccccc1SC[C@@H](C)C#N)C(C)C. The number of rotatable bonds is 7. The Morgan fingerprint density at radius 1 is 1.26 bits per heavy atom. The number of amides is 2. The molecule has 0 radical (unpaired) electrons. The van der Waals surface area contributed by atoms with Crippen LogP contribution in [0.4, 0.5) is 5.69 Å². The second kappa shape index (κ2) is 9.21. The summed E-state index contributed by atoms with van der Waals surface area (Å²) < 4.78 is 0. The number of nitriles is 1. The molecule has 0 aromatic heterocycles. The quantitative estimate of drug-likeness (QED) is 0.751. The molecule has 0 aliphatic heterocycles. The molecule has 0 fully saturated rings. The number of nitrogens with zero attached hydrogens (tertiary/aromatic N) is 1. The van der Waals surface area contributed by atoms with Gasteiger partial charge >= 0.3 is 0 Å². The molecule has 0 aliphatic carbocycles. The van der Waals surface area contributed by atoms with E-state index in [-0.39, 0.29) is 23.7 Å². The van der Waals surface area contributed by atoms with Gasteiger partial charge in [0.2, 0.25) is 11.8 Å². The minimum atomic E-state index is -0.580. The molecule has 23 heavy (non-hydrogen) atoms. The molecular formula is C17H23N3O2S. The topological polar surface area (TPSA) is 82.0 Å². The predicted molar refractivity (Wildman–Crippen MR) is 93.0 cm³/mol. The number of benzene rings is 1. The fraction of sp³-hybridized carbons (Fsp3) is 0.471. The fourth-order valence-electron chi connectivity index (χ4n) is 1.91. The Morgan fingerprint density at radius 3 is 2.48 bits per heavy atom. The number of carbonyl (C=O) groups excluding carboxylic acids is 2. The molecule has 1 aromatic carbocycles. The van der Waals surface area contributed by atoms with Crippen LogP contribution in [0.1, 0.15) is 27.7 Å². The second-order valence-corrected chi connectivity index (χ2v) is 6.81. The van der Waals surface area contributed by atoms with Crippen molar-refractivity contribution in [2.24, 2.45) is 11.8 Å². The molecule has 6 heteroatoms. The van der Waals surface area contributed by atoms with Gasteiger partial charge in [-0.15, -0.1) is 11.8 Å². The lowest BCUT2D eigenvalue weighted by molar-refractivity contribution is -0.126. The minimum absolute atomic E-state index is 0.0164. The number of anilines is 1. The molecule has 2 amide bonds. The lowest BCUT2D eigenvalue weighted by Gasteiger charge is -2.21. The van der Waals surface area contributed by atoms with Crippen molar-refractivity contribution >= 4 is 29.3 Å². The van der Waals surface area contributed by atoms with Crippen molar-refractivity contribution in [3.63, 3.8) is 0 Å². The molecule has 0 aliphatic rings. The molecule has 1 aromatic rings. The van der Waals surface area contributed by atoms with E-state index in [2.05, 4.69) is 16.7 Å². The number of hydrogen-bond acceptors (Lipinski definition) is 4. The van der Waals surface area contributed by atoms with Crippen molar-refractivity contribution in [2.75, 3.05) is 11.1 Å². The second-order valence-electron chi connectivity index (χ2n) is 5.75. The summed E-state index contributed by atoms with van der Waals surface area (Å²) in [5.74, 6) is 0.104. The summed E-state index contributed by atoms with van der Waals surface area (Å²) >= 11 is 1.53. The summed E-state index contributed by atoms with van der Waals surface area (Å²) in [7, 11) is 0. The van der Waals surface area contributed by atoms with Crippen LogP contribution < -0.4 is 10.6 Å². The maximum Gasteiger partial charge on any atom is 0.247 e. The zero-order chi connectivity index (χ0) is 17.4. The van der Waals surface area contributed by atoms with Gasteiger partial charge in [0.05, 0.1) is 17.7 Å². The van der Waals surface area contributed by atoms with E-state index >= 15 is 0 Å². The summed E-state index contributed by atoms with van der Waals surface area (Å²) in [6, 6.07) is 9.08. The third-order valence-corrected chi connectivity index (χ3v) is 4.50. The molecular weight excluding hydrogens is 310 g/mol. The van der Waals surface area contributed by atoms with E-state index in [1.165, 1.54) is 18.7 Å². The standard InChI is InChI=1S/C17H23N3O2S/c1-11(2)16(19-13(4)21)17(22)20-14-7-5-6-8-15(14)23-10-12(3)9-18/h5-8,11-12,16H,10H2,1-4H3,(H,19,21)(H,20,22)/t12-,16+/m0/s1. The Kier molecular flexibility index (Phi) is 7.63. The number of thioether (sulfide) groups is 1. The van der Waals surface area contributed by atoms with Crippen molar-refractivity contribution in [1.29, 1.82) is 5.26 Å². The summed E-state index contributed by atoms with van der Waals surface area (Å²) in [5.41, 5.74) is 0.698. The highest BCUT2D eigenvalue weighted by Gasteiger charge is 2.23. The molecule has 0 heterocycles. The summed E-state index contributed by atoms with van der Waals surface area (Å²) in [6.07, 6.45) is 0. The van der Waals surface area contributed by atoms with Crippen LogP contribution in [0, 0.1) is 23.2 Å². The first-order chi connectivity index (χ1) is 10.8. The Bertz CT molecular complexity index is 596. The first-order valence-electron chi connectivity index (χ1n) is 7.54. The molecule has 2 N–H and O–H groups in total. The van der Waals surface area contributed by atoms with Gasteiger partial charge in [0.25, 0.3) is 0 Å². The van der Waals surface area contributed by atoms with E-state index < -0.39 is 6.04 Å². The van der Waals surface area contributed by atoms with Crippen molar-refractivity contribution in [1.82, 2.24) is 5.32 Å². The van der Waals surface area contributed by atoms with Gasteiger partial charge in [0, 0.05) is 17.6 Å². The lowest BCUT2D eigenvalue weighted by Crippen LogP contribution is -2.46. The van der Waals surface area contributed by atoms with Gasteiger partial charge in [-0.1, -0.05) is 26.0 Å². The zero-order valence-electron chi connectivity index (χ0n) is 13.9. The number of hydrogen-bond donors (Lipinski definition) is 2. The third-order valence-electron chi connectivity index (χ3n) is 3.16.